The van der Waals surface area contributed by atoms with Crippen LogP contribution in [0.3, 0.4) is 0 Å². The Bertz CT molecular complexity index is 239. The average Bonchev–Trinajstić information content (AvgIpc) is 2.43. The zero-order valence-electron chi connectivity index (χ0n) is 13.4. The van der Waals surface area contributed by atoms with Crippen LogP contribution in [0, 0.1) is 0 Å². The molecule has 0 radical (unpaired) electrons. The van der Waals surface area contributed by atoms with E-state index < -0.39 is 26.6 Å². The summed E-state index contributed by atoms with van der Waals surface area (Å²) in [5.41, 5.74) is 0. The van der Waals surface area contributed by atoms with Crippen molar-refractivity contribution in [3.8, 4) is 0 Å². The second-order valence-electron chi connectivity index (χ2n) is 5.71. The molecule has 3 heteroatoms. The normalized spacial score (nSPS) is 11.1. The molecule has 0 heterocycles. The van der Waals surface area contributed by atoms with Crippen LogP contribution in [0.1, 0.15) is 84.0 Å². The first-order valence-corrected chi connectivity index (χ1v) is 13.5. The van der Waals surface area contributed by atoms with Crippen molar-refractivity contribution in [1.29, 1.82) is 0 Å². The van der Waals surface area contributed by atoms with Gasteiger partial charge < -0.3 is 0 Å². The second kappa shape index (κ2) is 17.1. The first-order chi connectivity index (χ1) is 9.77. The summed E-state index contributed by atoms with van der Waals surface area (Å²) in [6.45, 7) is 2.26. The van der Waals surface area contributed by atoms with Gasteiger partial charge in [-0.3, -0.25) is 0 Å². The quantitative estimate of drug-likeness (QED) is 0.310. The molecule has 0 aliphatic rings. The van der Waals surface area contributed by atoms with Crippen molar-refractivity contribution in [2.75, 3.05) is 0 Å². The van der Waals surface area contributed by atoms with E-state index in [1.54, 1.807) is 0 Å². The third-order valence-corrected chi connectivity index (χ3v) is 7.24. The van der Waals surface area contributed by atoms with E-state index >= 15 is 0 Å². The summed E-state index contributed by atoms with van der Waals surface area (Å²) < 4.78 is 0.280. The Balaban J connectivity index is 3.07. The Hall–Kier alpha value is 0.0801. The van der Waals surface area contributed by atoms with Gasteiger partial charge in [-0.1, -0.05) is 26.2 Å². The number of carboxylic acid groups (broad SMARTS) is 1. The van der Waals surface area contributed by atoms with E-state index in [2.05, 4.69) is 19.1 Å². The van der Waals surface area contributed by atoms with E-state index in [9.17, 15) is 9.90 Å². The number of hydrogen-bond donors (Lipinski definition) is 0. The standard InChI is InChI=1S/C16H31.CO2.In.H/c1-3-5-7-9-11-13-15-16-14-12-10-8-6-4-2;2-1-3;;/h13,15H,1,3-12,14,16H2,2H3;;;/q;-1;;/b15-13-;;;. The molecule has 20 heavy (non-hydrogen) atoms. The number of hydrogen-bond acceptors (Lipinski definition) is 2. The second-order valence-corrected chi connectivity index (χ2v) is 10.8. The molecule has 0 N–H and O–H groups in total. The average molecular weight is 383 g/mol. The van der Waals surface area contributed by atoms with Gasteiger partial charge in [0.25, 0.3) is 0 Å². The maximum atomic E-state index is 10.3. The van der Waals surface area contributed by atoms with E-state index in [0.29, 0.717) is 0 Å². The third kappa shape index (κ3) is 18.1. The summed E-state index contributed by atoms with van der Waals surface area (Å²) in [5.74, 6) is 0. The molecule has 0 aromatic carbocycles. The minimum atomic E-state index is -1.51. The zero-order chi connectivity index (χ0) is 14.9. The van der Waals surface area contributed by atoms with Crippen molar-refractivity contribution in [1.82, 2.24) is 0 Å². The summed E-state index contributed by atoms with van der Waals surface area (Å²) in [7, 11) is 0. The Morgan fingerprint density at radius 1 is 0.850 bits per heavy atom. The van der Waals surface area contributed by atoms with Crippen molar-refractivity contribution in [3.05, 3.63) is 12.2 Å². The number of carbonyl (C=O) groups is 1. The fourth-order valence-electron chi connectivity index (χ4n) is 2.34. The topological polar surface area (TPSA) is 40.1 Å². The molecule has 0 aromatic rings. The molecule has 0 amide bonds. The van der Waals surface area contributed by atoms with Gasteiger partial charge in [0.15, 0.2) is 0 Å². The van der Waals surface area contributed by atoms with E-state index in [1.165, 1.54) is 70.6 Å². The predicted molar refractivity (Wildman–Crippen MR) is 87.6 cm³/mol. The first-order valence-electron chi connectivity index (χ1n) is 8.62. The van der Waals surface area contributed by atoms with Crippen molar-refractivity contribution in [3.63, 3.8) is 0 Å². The molecule has 0 aliphatic heterocycles. The van der Waals surface area contributed by atoms with Crippen LogP contribution in [-0.2, 0) is 0 Å². The molecule has 2 nitrogen and oxygen atoms in total. The van der Waals surface area contributed by atoms with Gasteiger partial charge in [-0.05, 0) is 0 Å². The van der Waals surface area contributed by atoms with Gasteiger partial charge in [0.2, 0.25) is 0 Å². The van der Waals surface area contributed by atoms with Crippen molar-refractivity contribution in [2.24, 2.45) is 0 Å². The number of allylic oxidation sites excluding steroid dienone is 2. The van der Waals surface area contributed by atoms with Gasteiger partial charge in [0.1, 0.15) is 0 Å². The predicted octanol–water partition coefficient (Wildman–Crippen LogP) is 4.44. The SMILES string of the molecule is CCCCCCCC/C=C\CCCCC[CH2][InH][C](=O)[O-]. The van der Waals surface area contributed by atoms with Crippen molar-refractivity contribution >= 4 is 26.6 Å². The Morgan fingerprint density at radius 2 is 1.35 bits per heavy atom. The van der Waals surface area contributed by atoms with Crippen LogP contribution >= 0.6 is 0 Å². The van der Waals surface area contributed by atoms with Crippen LogP contribution in [0.25, 0.3) is 0 Å². The molecule has 116 valence electrons. The van der Waals surface area contributed by atoms with Crippen LogP contribution in [0.15, 0.2) is 12.2 Å². The molecule has 0 aromatic heterocycles. The maximum absolute atomic E-state index is 10.3. The number of rotatable bonds is 15. The van der Waals surface area contributed by atoms with Crippen molar-refractivity contribution < 1.29 is 9.90 Å². The number of carbonyl (C=O) groups excluding carboxylic acids is 1. The minimum absolute atomic E-state index is 0.704. The van der Waals surface area contributed by atoms with Crippen LogP contribution in [-0.4, -0.2) is 26.6 Å². The summed E-state index contributed by atoms with van der Waals surface area (Å²) >= 11 is -1.51. The fraction of sp³-hybridized carbons (Fsp3) is 0.824. The zero-order valence-corrected chi connectivity index (χ0v) is 17.4. The van der Waals surface area contributed by atoms with E-state index in [1.807, 2.05) is 0 Å². The molecule has 0 saturated heterocycles. The third-order valence-electron chi connectivity index (χ3n) is 3.64. The monoisotopic (exact) mass is 383 g/mol. The molecule has 0 rings (SSSR count). The fourth-order valence-corrected chi connectivity index (χ4v) is 4.89. The molecule has 0 aliphatic carbocycles. The summed E-state index contributed by atoms with van der Waals surface area (Å²) in [4.78, 5) is 10.3. The van der Waals surface area contributed by atoms with Gasteiger partial charge in [-0.25, -0.2) is 0 Å². The van der Waals surface area contributed by atoms with Crippen LogP contribution in [0.5, 0.6) is 0 Å². The molecular formula is C17H32InO2-. The van der Waals surface area contributed by atoms with Gasteiger partial charge in [-0.2, -0.15) is 0 Å². The Kier molecular flexibility index (Phi) is 17.2. The van der Waals surface area contributed by atoms with Gasteiger partial charge in [0.05, 0.1) is 0 Å². The Labute approximate surface area is 136 Å². The van der Waals surface area contributed by atoms with Gasteiger partial charge in [0, 0.05) is 0 Å². The number of unbranched alkanes of at least 4 members (excludes halogenated alkanes) is 10. The summed E-state index contributed by atoms with van der Waals surface area (Å²) in [5, 5.41) is 10.3. The van der Waals surface area contributed by atoms with Crippen molar-refractivity contribution in [2.45, 2.75) is 88.2 Å². The molecule has 0 fully saturated rings. The first kappa shape index (κ1) is 20.1. The molecule has 0 spiro atoms. The van der Waals surface area contributed by atoms with Crippen LogP contribution < -0.4 is 5.11 Å². The van der Waals surface area contributed by atoms with E-state index in [0.717, 1.165) is 10.6 Å². The summed E-state index contributed by atoms with van der Waals surface area (Å²) in [6, 6.07) is 0. The molecule has 0 saturated carbocycles. The van der Waals surface area contributed by atoms with Crippen LogP contribution in [0.2, 0.25) is 4.18 Å². The van der Waals surface area contributed by atoms with Gasteiger partial charge >= 0.3 is 111 Å². The van der Waals surface area contributed by atoms with Gasteiger partial charge in [-0.15, -0.1) is 0 Å². The molecular weight excluding hydrogens is 351 g/mol. The molecule has 0 bridgehead atoms. The summed E-state index contributed by atoms with van der Waals surface area (Å²) in [6.07, 6.45) is 20.2. The Morgan fingerprint density at radius 3 is 1.90 bits per heavy atom. The molecule has 0 atom stereocenters. The van der Waals surface area contributed by atoms with E-state index in [4.69, 9.17) is 0 Å². The van der Waals surface area contributed by atoms with E-state index in [-0.39, 0.29) is 0 Å². The molecule has 0 unspecified atom stereocenters. The van der Waals surface area contributed by atoms with Crippen LogP contribution in [0.4, 0.5) is 4.79 Å².